The van der Waals surface area contributed by atoms with Gasteiger partial charge in [-0.05, 0) is 37.6 Å². The van der Waals surface area contributed by atoms with Gasteiger partial charge in [0, 0.05) is 31.9 Å². The Hall–Kier alpha value is -0.980. The van der Waals surface area contributed by atoms with Crippen molar-refractivity contribution < 1.29 is 9.18 Å². The van der Waals surface area contributed by atoms with Gasteiger partial charge < -0.3 is 4.90 Å². The molecule has 1 aromatic carbocycles. The molecule has 1 amide bonds. The van der Waals surface area contributed by atoms with E-state index < -0.39 is 0 Å². The molecule has 2 aliphatic heterocycles. The van der Waals surface area contributed by atoms with E-state index >= 15 is 0 Å². The van der Waals surface area contributed by atoms with Crippen LogP contribution in [0, 0.1) is 5.82 Å². The smallest absolute Gasteiger partial charge is 0.248 e. The van der Waals surface area contributed by atoms with Gasteiger partial charge in [-0.15, -0.1) is 24.2 Å². The van der Waals surface area contributed by atoms with E-state index in [1.54, 1.807) is 11.8 Å². The van der Waals surface area contributed by atoms with E-state index in [2.05, 4.69) is 23.8 Å². The van der Waals surface area contributed by atoms with Gasteiger partial charge in [0.05, 0.1) is 5.75 Å². The highest BCUT2D eigenvalue weighted by atomic mass is 35.5. The summed E-state index contributed by atoms with van der Waals surface area (Å²) in [6.45, 7) is 7.74. The second kappa shape index (κ2) is 8.60. The van der Waals surface area contributed by atoms with Crippen molar-refractivity contribution in [3.05, 3.63) is 30.1 Å². The van der Waals surface area contributed by atoms with E-state index in [0.717, 1.165) is 51.1 Å². The van der Waals surface area contributed by atoms with Crippen molar-refractivity contribution in [3.63, 3.8) is 0 Å². The average molecular weight is 388 g/mol. The van der Waals surface area contributed by atoms with Crippen LogP contribution < -0.4 is 4.90 Å². The van der Waals surface area contributed by atoms with Gasteiger partial charge in [0.25, 0.3) is 0 Å². The third-order valence-corrected chi connectivity index (χ3v) is 6.31. The second-order valence-electron chi connectivity index (χ2n) is 6.69. The van der Waals surface area contributed by atoms with Crippen molar-refractivity contribution in [3.8, 4) is 0 Å². The molecule has 7 heteroatoms. The summed E-state index contributed by atoms with van der Waals surface area (Å²) in [6, 6.07) is 6.66. The molecule has 0 bridgehead atoms. The molecule has 0 aromatic heterocycles. The lowest BCUT2D eigenvalue weighted by Gasteiger charge is -2.46. The maximum Gasteiger partial charge on any atom is 0.248 e. The summed E-state index contributed by atoms with van der Waals surface area (Å²) < 4.78 is 13.1. The summed E-state index contributed by atoms with van der Waals surface area (Å²) >= 11 is 1.77. The molecular formula is C18H27ClFN3OS. The third-order valence-electron chi connectivity index (χ3n) is 4.92. The Kier molecular flexibility index (Phi) is 7.00. The molecule has 0 aliphatic carbocycles. The lowest BCUT2D eigenvalue weighted by molar-refractivity contribution is -0.153. The van der Waals surface area contributed by atoms with Crippen molar-refractivity contribution in [1.29, 1.82) is 0 Å². The standard InChI is InChI=1S/C18H26FN3OS.ClH/c1-3-4-9-18(2)22(17(23)14-24-18)21-12-10-20(11-13-21)16-7-5-15(19)6-8-16;/h5-8H,3-4,9-14H2,1-2H3;1H. The quantitative estimate of drug-likeness (QED) is 0.768. The van der Waals surface area contributed by atoms with Crippen LogP contribution in [0.25, 0.3) is 0 Å². The molecule has 1 unspecified atom stereocenters. The fourth-order valence-corrected chi connectivity index (χ4v) is 4.73. The first kappa shape index (κ1) is 20.3. The topological polar surface area (TPSA) is 26.8 Å². The Morgan fingerprint density at radius 1 is 1.16 bits per heavy atom. The number of piperazine rings is 1. The number of amides is 1. The van der Waals surface area contributed by atoms with E-state index in [4.69, 9.17) is 0 Å². The average Bonchev–Trinajstić information content (AvgIpc) is 2.89. The number of carbonyl (C=O) groups excluding carboxylic acids is 1. The summed E-state index contributed by atoms with van der Waals surface area (Å²) in [5, 5.41) is 4.24. The molecule has 140 valence electrons. The van der Waals surface area contributed by atoms with Crippen LogP contribution in [0.2, 0.25) is 0 Å². The number of carbonyl (C=O) groups is 1. The molecule has 25 heavy (non-hydrogen) atoms. The number of anilines is 1. The Labute approximate surface area is 160 Å². The first-order valence-electron chi connectivity index (χ1n) is 8.76. The molecule has 2 saturated heterocycles. The highest BCUT2D eigenvalue weighted by Crippen LogP contribution is 2.41. The summed E-state index contributed by atoms with van der Waals surface area (Å²) in [5.41, 5.74) is 1.05. The second-order valence-corrected chi connectivity index (χ2v) is 8.15. The minimum absolute atomic E-state index is 0. The molecule has 0 N–H and O–H groups in total. The molecule has 1 aromatic rings. The Bertz CT molecular complexity index is 580. The van der Waals surface area contributed by atoms with E-state index in [9.17, 15) is 9.18 Å². The molecule has 0 spiro atoms. The molecule has 0 radical (unpaired) electrons. The largest absolute Gasteiger partial charge is 0.369 e. The predicted octanol–water partition coefficient (Wildman–Crippen LogP) is 3.77. The number of nitrogens with zero attached hydrogens (tertiary/aromatic N) is 3. The number of hydrogen-bond acceptors (Lipinski definition) is 4. The van der Waals surface area contributed by atoms with Gasteiger partial charge in [0.1, 0.15) is 10.7 Å². The van der Waals surface area contributed by atoms with Crippen LogP contribution in [0.1, 0.15) is 33.1 Å². The number of unbranched alkanes of at least 4 members (excludes halogenated alkanes) is 1. The number of halogens is 2. The zero-order valence-electron chi connectivity index (χ0n) is 14.9. The number of hydrogen-bond donors (Lipinski definition) is 0. The lowest BCUT2D eigenvalue weighted by atomic mass is 10.1. The lowest BCUT2D eigenvalue weighted by Crippen LogP contribution is -2.59. The molecule has 1 atom stereocenters. The first-order chi connectivity index (χ1) is 11.5. The minimum atomic E-state index is -0.205. The van der Waals surface area contributed by atoms with Crippen molar-refractivity contribution in [2.45, 2.75) is 38.0 Å². The van der Waals surface area contributed by atoms with E-state index in [-0.39, 0.29) is 29.0 Å². The normalized spacial score (nSPS) is 24.5. The molecule has 2 heterocycles. The van der Waals surface area contributed by atoms with Gasteiger partial charge >= 0.3 is 0 Å². The number of thioether (sulfide) groups is 1. The van der Waals surface area contributed by atoms with Crippen LogP contribution in [0.3, 0.4) is 0 Å². The summed E-state index contributed by atoms with van der Waals surface area (Å²) in [7, 11) is 0. The predicted molar refractivity (Wildman–Crippen MR) is 105 cm³/mol. The highest BCUT2D eigenvalue weighted by molar-refractivity contribution is 8.01. The Morgan fingerprint density at radius 3 is 2.40 bits per heavy atom. The van der Waals surface area contributed by atoms with Crippen LogP contribution in [0.15, 0.2) is 24.3 Å². The van der Waals surface area contributed by atoms with Gasteiger partial charge in [-0.2, -0.15) is 0 Å². The van der Waals surface area contributed by atoms with Crippen LogP contribution in [-0.4, -0.2) is 52.7 Å². The molecule has 0 saturated carbocycles. The summed E-state index contributed by atoms with van der Waals surface area (Å²) in [5.74, 6) is 0.607. The zero-order valence-corrected chi connectivity index (χ0v) is 16.5. The summed E-state index contributed by atoms with van der Waals surface area (Å²) in [4.78, 5) is 14.6. The van der Waals surface area contributed by atoms with Crippen LogP contribution in [0.4, 0.5) is 10.1 Å². The van der Waals surface area contributed by atoms with Gasteiger partial charge in [0.2, 0.25) is 5.91 Å². The first-order valence-corrected chi connectivity index (χ1v) is 9.74. The number of rotatable bonds is 5. The number of benzene rings is 1. The maximum absolute atomic E-state index is 13.1. The zero-order chi connectivity index (χ0) is 17.2. The molecular weight excluding hydrogens is 361 g/mol. The van der Waals surface area contributed by atoms with E-state index in [1.807, 2.05) is 17.1 Å². The minimum Gasteiger partial charge on any atom is -0.369 e. The van der Waals surface area contributed by atoms with Crippen LogP contribution in [0.5, 0.6) is 0 Å². The Morgan fingerprint density at radius 2 is 1.80 bits per heavy atom. The third kappa shape index (κ3) is 4.41. The van der Waals surface area contributed by atoms with Crippen molar-refractivity contribution in [2.75, 3.05) is 36.8 Å². The number of hydrazine groups is 1. The monoisotopic (exact) mass is 387 g/mol. The van der Waals surface area contributed by atoms with Crippen molar-refractivity contribution >= 4 is 35.8 Å². The van der Waals surface area contributed by atoms with Crippen LogP contribution in [-0.2, 0) is 4.79 Å². The highest BCUT2D eigenvalue weighted by Gasteiger charge is 2.45. The van der Waals surface area contributed by atoms with Gasteiger partial charge in [-0.25, -0.2) is 9.40 Å². The van der Waals surface area contributed by atoms with Crippen molar-refractivity contribution in [2.24, 2.45) is 0 Å². The Balaban J connectivity index is 0.00000225. The van der Waals surface area contributed by atoms with Gasteiger partial charge in [-0.3, -0.25) is 9.80 Å². The van der Waals surface area contributed by atoms with Crippen LogP contribution >= 0.6 is 24.2 Å². The maximum atomic E-state index is 13.1. The van der Waals surface area contributed by atoms with Crippen molar-refractivity contribution in [1.82, 2.24) is 10.0 Å². The van der Waals surface area contributed by atoms with E-state index in [1.165, 1.54) is 12.1 Å². The van der Waals surface area contributed by atoms with E-state index in [0.29, 0.717) is 5.75 Å². The van der Waals surface area contributed by atoms with Gasteiger partial charge in [0.15, 0.2) is 0 Å². The SMILES string of the molecule is CCCCC1(C)SCC(=O)N1N1CCN(c2ccc(F)cc2)CC1.Cl. The molecule has 2 fully saturated rings. The van der Waals surface area contributed by atoms with Gasteiger partial charge in [-0.1, -0.05) is 19.8 Å². The fraction of sp³-hybridized carbons (Fsp3) is 0.611. The molecule has 4 nitrogen and oxygen atoms in total. The fourth-order valence-electron chi connectivity index (χ4n) is 3.55. The summed E-state index contributed by atoms with van der Waals surface area (Å²) in [6.07, 6.45) is 3.33. The molecule has 3 rings (SSSR count). The molecule has 2 aliphatic rings.